The lowest BCUT2D eigenvalue weighted by molar-refractivity contribution is -0.151. The molecule has 1 atom stereocenters. The second-order valence-electron chi connectivity index (χ2n) is 8.87. The molecule has 36 heavy (non-hydrogen) atoms. The number of carbonyl (C=O) groups excluding carboxylic acids is 4. The maximum atomic E-state index is 13.0. The van der Waals surface area contributed by atoms with Crippen LogP contribution in [0.3, 0.4) is 0 Å². The lowest BCUT2D eigenvalue weighted by Gasteiger charge is -2.35. The average Bonchev–Trinajstić information content (AvgIpc) is 2.84. The van der Waals surface area contributed by atoms with E-state index in [9.17, 15) is 19.2 Å². The van der Waals surface area contributed by atoms with Gasteiger partial charge < -0.3 is 15.4 Å². The Bertz CT molecular complexity index is 1160. The minimum atomic E-state index is -0.716. The quantitative estimate of drug-likeness (QED) is 0.433. The Hall–Kier alpha value is -3.98. The smallest absolute Gasteiger partial charge is 0.338 e. The molecule has 1 fully saturated rings. The molecule has 2 aliphatic heterocycles. The van der Waals surface area contributed by atoms with Crippen LogP contribution in [0.2, 0.25) is 0 Å². The average molecular weight is 491 g/mol. The maximum Gasteiger partial charge on any atom is 0.338 e. The van der Waals surface area contributed by atoms with Gasteiger partial charge in [0.05, 0.1) is 31.3 Å². The molecule has 9 heteroatoms. The van der Waals surface area contributed by atoms with Crippen molar-refractivity contribution in [2.24, 2.45) is 0 Å². The predicted molar refractivity (Wildman–Crippen MR) is 133 cm³/mol. The second kappa shape index (κ2) is 11.2. The molecule has 1 saturated heterocycles. The zero-order chi connectivity index (χ0) is 25.7. The number of hydrogen-bond acceptors (Lipinski definition) is 6. The van der Waals surface area contributed by atoms with Crippen LogP contribution in [0.5, 0.6) is 0 Å². The number of piperazine rings is 1. The Morgan fingerprint density at radius 1 is 1.00 bits per heavy atom. The number of carbonyl (C=O) groups is 4. The fourth-order valence-electron chi connectivity index (χ4n) is 4.42. The third kappa shape index (κ3) is 5.80. The Balaban J connectivity index is 1.53. The molecule has 4 amide bonds. The molecule has 1 unspecified atom stereocenters. The molecule has 2 N–H and O–H groups in total. The van der Waals surface area contributed by atoms with E-state index < -0.39 is 18.0 Å². The number of ether oxygens (including phenoxy) is 1. The summed E-state index contributed by atoms with van der Waals surface area (Å²) in [5.74, 6) is -1.18. The first-order chi connectivity index (χ1) is 17.4. The van der Waals surface area contributed by atoms with Crippen molar-refractivity contribution >= 4 is 23.8 Å². The third-order valence-corrected chi connectivity index (χ3v) is 6.23. The molecule has 2 heterocycles. The van der Waals surface area contributed by atoms with Gasteiger partial charge in [-0.1, -0.05) is 60.2 Å². The highest BCUT2D eigenvalue weighted by atomic mass is 16.5. The molecule has 2 aliphatic rings. The molecule has 2 aromatic rings. The van der Waals surface area contributed by atoms with Gasteiger partial charge in [0.25, 0.3) is 0 Å². The van der Waals surface area contributed by atoms with Crippen LogP contribution in [0.25, 0.3) is 0 Å². The zero-order valence-corrected chi connectivity index (χ0v) is 20.5. The van der Waals surface area contributed by atoms with Crippen LogP contribution in [0.4, 0.5) is 4.79 Å². The van der Waals surface area contributed by atoms with Gasteiger partial charge >= 0.3 is 12.0 Å². The minimum Gasteiger partial charge on any atom is -0.463 e. The third-order valence-electron chi connectivity index (χ3n) is 6.23. The van der Waals surface area contributed by atoms with Crippen LogP contribution in [-0.2, 0) is 25.5 Å². The van der Waals surface area contributed by atoms with E-state index >= 15 is 0 Å². The number of hydrogen-bond donors (Lipinski definition) is 2. The summed E-state index contributed by atoms with van der Waals surface area (Å²) in [5.41, 5.74) is 3.40. The van der Waals surface area contributed by atoms with E-state index in [1.165, 1.54) is 4.90 Å². The monoisotopic (exact) mass is 490 g/mol. The SMILES string of the molecule is CCOC(=O)C1=C(CN2CC(=O)N(CCc3ccccc3)C(=O)C2)NC(=O)NC1c1ccc(C)cc1. The van der Waals surface area contributed by atoms with Gasteiger partial charge in [-0.3, -0.25) is 19.4 Å². The summed E-state index contributed by atoms with van der Waals surface area (Å²) in [4.78, 5) is 54.1. The number of amides is 4. The van der Waals surface area contributed by atoms with Crippen LogP contribution < -0.4 is 10.6 Å². The van der Waals surface area contributed by atoms with Crippen LogP contribution in [0.1, 0.15) is 29.7 Å². The van der Waals surface area contributed by atoms with Gasteiger partial charge in [-0.05, 0) is 31.4 Å². The van der Waals surface area contributed by atoms with Crippen molar-refractivity contribution in [3.63, 3.8) is 0 Å². The molecule has 2 aromatic carbocycles. The van der Waals surface area contributed by atoms with Crippen LogP contribution in [-0.4, -0.2) is 66.4 Å². The number of benzene rings is 2. The number of aryl methyl sites for hydroxylation is 1. The molecule has 188 valence electrons. The van der Waals surface area contributed by atoms with Gasteiger partial charge in [-0.25, -0.2) is 9.59 Å². The van der Waals surface area contributed by atoms with Crippen LogP contribution in [0.15, 0.2) is 65.9 Å². The summed E-state index contributed by atoms with van der Waals surface area (Å²) in [7, 11) is 0. The van der Waals surface area contributed by atoms with E-state index in [1.54, 1.807) is 11.8 Å². The van der Waals surface area contributed by atoms with E-state index in [0.717, 1.165) is 16.7 Å². The molecular formula is C27H30N4O5. The maximum absolute atomic E-state index is 13.0. The fraction of sp³-hybridized carbons (Fsp3) is 0.333. The molecule has 0 spiro atoms. The number of rotatable bonds is 8. The van der Waals surface area contributed by atoms with Crippen LogP contribution >= 0.6 is 0 Å². The Morgan fingerprint density at radius 3 is 2.31 bits per heavy atom. The van der Waals surface area contributed by atoms with Gasteiger partial charge in [0.2, 0.25) is 11.8 Å². The van der Waals surface area contributed by atoms with Crippen molar-refractivity contribution in [1.82, 2.24) is 20.4 Å². The van der Waals surface area contributed by atoms with Gasteiger partial charge in [0.15, 0.2) is 0 Å². The summed E-state index contributed by atoms with van der Waals surface area (Å²) < 4.78 is 5.30. The summed E-state index contributed by atoms with van der Waals surface area (Å²) >= 11 is 0. The van der Waals surface area contributed by atoms with Gasteiger partial charge in [-0.2, -0.15) is 0 Å². The summed E-state index contributed by atoms with van der Waals surface area (Å²) in [5, 5.41) is 5.50. The standard InChI is InChI=1S/C27H30N4O5/c1-3-36-26(34)24-21(28-27(35)29-25(24)20-11-9-18(2)10-12-20)15-30-16-22(32)31(23(33)17-30)14-13-19-7-5-4-6-8-19/h4-12,25H,3,13-17H2,1-2H3,(H2,28,29,35). The number of esters is 1. The van der Waals surface area contributed by atoms with Crippen molar-refractivity contribution in [2.45, 2.75) is 26.3 Å². The topological polar surface area (TPSA) is 108 Å². The van der Waals surface area contributed by atoms with Crippen LogP contribution in [0, 0.1) is 6.92 Å². The Labute approximate surface area is 210 Å². The summed E-state index contributed by atoms with van der Waals surface area (Å²) in [6, 6.07) is 16.0. The first-order valence-corrected chi connectivity index (χ1v) is 12.0. The largest absolute Gasteiger partial charge is 0.463 e. The molecule has 4 rings (SSSR count). The normalized spacial score (nSPS) is 18.7. The molecule has 0 bridgehead atoms. The first kappa shape index (κ1) is 25.1. The molecule has 0 aromatic heterocycles. The lowest BCUT2D eigenvalue weighted by Crippen LogP contribution is -2.56. The van der Waals surface area contributed by atoms with E-state index in [-0.39, 0.29) is 43.6 Å². The van der Waals surface area contributed by atoms with Gasteiger partial charge in [0.1, 0.15) is 0 Å². The van der Waals surface area contributed by atoms with Crippen molar-refractivity contribution in [3.8, 4) is 0 Å². The second-order valence-corrected chi connectivity index (χ2v) is 8.87. The highest BCUT2D eigenvalue weighted by molar-refractivity contribution is 5.99. The number of imide groups is 1. The zero-order valence-electron chi connectivity index (χ0n) is 20.5. The number of urea groups is 1. The van der Waals surface area contributed by atoms with E-state index in [2.05, 4.69) is 10.6 Å². The lowest BCUT2D eigenvalue weighted by atomic mass is 9.94. The summed E-state index contributed by atoms with van der Waals surface area (Å²) in [6.45, 7) is 4.18. The highest BCUT2D eigenvalue weighted by Gasteiger charge is 2.37. The summed E-state index contributed by atoms with van der Waals surface area (Å²) in [6.07, 6.45) is 0.580. The van der Waals surface area contributed by atoms with Crippen molar-refractivity contribution in [1.29, 1.82) is 0 Å². The number of nitrogens with one attached hydrogen (secondary N) is 2. The van der Waals surface area contributed by atoms with Gasteiger partial charge in [0, 0.05) is 18.8 Å². The van der Waals surface area contributed by atoms with Gasteiger partial charge in [-0.15, -0.1) is 0 Å². The van der Waals surface area contributed by atoms with Crippen molar-refractivity contribution < 1.29 is 23.9 Å². The minimum absolute atomic E-state index is 0.00136. The molecule has 9 nitrogen and oxygen atoms in total. The molecule has 0 radical (unpaired) electrons. The molecular weight excluding hydrogens is 460 g/mol. The Kier molecular flexibility index (Phi) is 7.80. The van der Waals surface area contributed by atoms with Crippen molar-refractivity contribution in [3.05, 3.63) is 82.6 Å². The predicted octanol–water partition coefficient (Wildman–Crippen LogP) is 2.08. The Morgan fingerprint density at radius 2 is 1.67 bits per heavy atom. The molecule has 0 saturated carbocycles. The first-order valence-electron chi connectivity index (χ1n) is 12.0. The van der Waals surface area contributed by atoms with E-state index in [4.69, 9.17) is 4.74 Å². The van der Waals surface area contributed by atoms with E-state index in [1.807, 2.05) is 61.5 Å². The van der Waals surface area contributed by atoms with Crippen molar-refractivity contribution in [2.75, 3.05) is 32.8 Å². The van der Waals surface area contributed by atoms with E-state index in [0.29, 0.717) is 18.7 Å². The molecule has 0 aliphatic carbocycles. The number of nitrogens with zero attached hydrogens (tertiary/aromatic N) is 2. The fourth-order valence-corrected chi connectivity index (χ4v) is 4.42. The highest BCUT2D eigenvalue weighted by Crippen LogP contribution is 2.28.